The van der Waals surface area contributed by atoms with E-state index < -0.39 is 0 Å². The predicted octanol–water partition coefficient (Wildman–Crippen LogP) is 3.24. The second-order valence-electron chi connectivity index (χ2n) is 4.60. The van der Waals surface area contributed by atoms with Gasteiger partial charge in [0.25, 0.3) is 0 Å². The molecule has 0 bridgehead atoms. The average molecular weight is 238 g/mol. The minimum Gasteiger partial charge on any atom is -0.494 e. The Balaban J connectivity index is 2.97. The van der Waals surface area contributed by atoms with Crippen LogP contribution in [0.4, 0.5) is 4.39 Å². The monoisotopic (exact) mass is 238 g/mol. The van der Waals surface area contributed by atoms with Gasteiger partial charge in [-0.15, -0.1) is 0 Å². The Hall–Kier alpha value is -1.38. The number of Topliss-reactive ketones (excluding diaryl/α,β-unsaturated/α-hetero) is 1. The van der Waals surface area contributed by atoms with Crippen LogP contribution in [0.2, 0.25) is 0 Å². The van der Waals surface area contributed by atoms with Crippen molar-refractivity contribution in [2.75, 3.05) is 7.11 Å². The normalized spacial score (nSPS) is 12.6. The SMILES string of the molecule is COc1cccc(CC(C(C)=O)C(C)C)c1F. The van der Waals surface area contributed by atoms with Crippen molar-refractivity contribution in [3.63, 3.8) is 0 Å². The number of methoxy groups -OCH3 is 1. The lowest BCUT2D eigenvalue weighted by Gasteiger charge is -2.18. The summed E-state index contributed by atoms with van der Waals surface area (Å²) in [7, 11) is 1.44. The summed E-state index contributed by atoms with van der Waals surface area (Å²) in [6.07, 6.45) is 0.427. The number of ether oxygens (including phenoxy) is 1. The maximum absolute atomic E-state index is 13.9. The van der Waals surface area contributed by atoms with Crippen LogP contribution in [0.1, 0.15) is 26.3 Å². The van der Waals surface area contributed by atoms with Crippen LogP contribution >= 0.6 is 0 Å². The molecule has 0 heterocycles. The minimum atomic E-state index is -0.359. The second-order valence-corrected chi connectivity index (χ2v) is 4.60. The quantitative estimate of drug-likeness (QED) is 0.787. The van der Waals surface area contributed by atoms with Crippen molar-refractivity contribution in [2.24, 2.45) is 11.8 Å². The van der Waals surface area contributed by atoms with Crippen LogP contribution < -0.4 is 4.74 Å². The highest BCUT2D eigenvalue weighted by Crippen LogP contribution is 2.25. The molecule has 0 amide bonds. The molecule has 0 saturated carbocycles. The molecular formula is C14H19FO2. The van der Waals surface area contributed by atoms with E-state index in [4.69, 9.17) is 4.74 Å². The van der Waals surface area contributed by atoms with E-state index in [2.05, 4.69) is 0 Å². The molecule has 0 aromatic heterocycles. The first-order valence-electron chi connectivity index (χ1n) is 5.79. The summed E-state index contributed by atoms with van der Waals surface area (Å²) in [5.41, 5.74) is 0.540. The van der Waals surface area contributed by atoms with Crippen LogP contribution in [0.15, 0.2) is 18.2 Å². The largest absolute Gasteiger partial charge is 0.494 e. The number of carbonyl (C=O) groups excluding carboxylic acids is 1. The van der Waals surface area contributed by atoms with Gasteiger partial charge in [0.1, 0.15) is 5.78 Å². The van der Waals surface area contributed by atoms with Gasteiger partial charge in [0.15, 0.2) is 11.6 Å². The molecule has 0 radical (unpaired) electrons. The van der Waals surface area contributed by atoms with Gasteiger partial charge in [-0.3, -0.25) is 4.79 Å². The first-order valence-corrected chi connectivity index (χ1v) is 5.79. The highest BCUT2D eigenvalue weighted by Gasteiger charge is 2.21. The molecule has 94 valence electrons. The van der Waals surface area contributed by atoms with Crippen LogP contribution in [0.25, 0.3) is 0 Å². The van der Waals surface area contributed by atoms with E-state index in [0.717, 1.165) is 0 Å². The fraction of sp³-hybridized carbons (Fsp3) is 0.500. The molecule has 0 aliphatic rings. The molecule has 0 N–H and O–H groups in total. The summed E-state index contributed by atoms with van der Waals surface area (Å²) in [6, 6.07) is 5.03. The molecule has 1 atom stereocenters. The summed E-state index contributed by atoms with van der Waals surface area (Å²) in [4.78, 5) is 11.5. The van der Waals surface area contributed by atoms with Crippen molar-refractivity contribution in [1.82, 2.24) is 0 Å². The Morgan fingerprint density at radius 3 is 2.53 bits per heavy atom. The smallest absolute Gasteiger partial charge is 0.168 e. The molecule has 0 aliphatic carbocycles. The number of hydrogen-bond acceptors (Lipinski definition) is 2. The molecule has 0 fully saturated rings. The highest BCUT2D eigenvalue weighted by atomic mass is 19.1. The molecule has 0 spiro atoms. The molecule has 3 heteroatoms. The van der Waals surface area contributed by atoms with E-state index in [-0.39, 0.29) is 29.2 Å². The van der Waals surface area contributed by atoms with Gasteiger partial charge < -0.3 is 4.74 Å². The summed E-state index contributed by atoms with van der Waals surface area (Å²) < 4.78 is 18.9. The molecule has 1 unspecified atom stereocenters. The van der Waals surface area contributed by atoms with Crippen molar-refractivity contribution < 1.29 is 13.9 Å². The first-order chi connectivity index (χ1) is 7.97. The highest BCUT2D eigenvalue weighted by molar-refractivity contribution is 5.78. The Morgan fingerprint density at radius 2 is 2.06 bits per heavy atom. The standard InChI is InChI=1S/C14H19FO2/c1-9(2)12(10(3)16)8-11-6-5-7-13(17-4)14(11)15/h5-7,9,12H,8H2,1-4H3. The molecule has 2 nitrogen and oxygen atoms in total. The lowest BCUT2D eigenvalue weighted by molar-refractivity contribution is -0.121. The predicted molar refractivity (Wildman–Crippen MR) is 65.7 cm³/mol. The molecule has 17 heavy (non-hydrogen) atoms. The van der Waals surface area contributed by atoms with Gasteiger partial charge in [0, 0.05) is 5.92 Å². The van der Waals surface area contributed by atoms with Gasteiger partial charge in [0.2, 0.25) is 0 Å². The lowest BCUT2D eigenvalue weighted by atomic mass is 9.86. The Bertz CT molecular complexity index is 399. The molecule has 0 saturated heterocycles. The van der Waals surface area contributed by atoms with E-state index in [1.54, 1.807) is 25.1 Å². The lowest BCUT2D eigenvalue weighted by Crippen LogP contribution is -2.20. The van der Waals surface area contributed by atoms with Gasteiger partial charge in [-0.25, -0.2) is 4.39 Å². The molecule has 1 aromatic rings. The number of benzene rings is 1. The second kappa shape index (κ2) is 5.80. The molecule has 0 aliphatic heterocycles. The summed E-state index contributed by atoms with van der Waals surface area (Å²) in [5.74, 6) is 0.0346. The fourth-order valence-electron chi connectivity index (χ4n) is 1.96. The van der Waals surface area contributed by atoms with Gasteiger partial charge in [-0.05, 0) is 30.9 Å². The van der Waals surface area contributed by atoms with Gasteiger partial charge in [-0.2, -0.15) is 0 Å². The van der Waals surface area contributed by atoms with Crippen molar-refractivity contribution in [1.29, 1.82) is 0 Å². The maximum Gasteiger partial charge on any atom is 0.168 e. The van der Waals surface area contributed by atoms with E-state index in [9.17, 15) is 9.18 Å². The average Bonchev–Trinajstić information content (AvgIpc) is 2.26. The maximum atomic E-state index is 13.9. The summed E-state index contributed by atoms with van der Waals surface area (Å²) in [5, 5.41) is 0. The Labute approximate surface area is 102 Å². The van der Waals surface area contributed by atoms with Gasteiger partial charge in [-0.1, -0.05) is 26.0 Å². The zero-order valence-corrected chi connectivity index (χ0v) is 10.8. The molecule has 1 aromatic carbocycles. The van der Waals surface area contributed by atoms with Crippen molar-refractivity contribution in [3.8, 4) is 5.75 Å². The number of ketones is 1. The minimum absolute atomic E-state index is 0.0993. The van der Waals surface area contributed by atoms with E-state index in [0.29, 0.717) is 12.0 Å². The molecular weight excluding hydrogens is 219 g/mol. The van der Waals surface area contributed by atoms with Crippen LogP contribution in [0.3, 0.4) is 0 Å². The summed E-state index contributed by atoms with van der Waals surface area (Å²) >= 11 is 0. The van der Waals surface area contributed by atoms with Crippen LogP contribution in [0.5, 0.6) is 5.75 Å². The van der Waals surface area contributed by atoms with Crippen molar-refractivity contribution >= 4 is 5.78 Å². The van der Waals surface area contributed by atoms with E-state index >= 15 is 0 Å². The zero-order valence-electron chi connectivity index (χ0n) is 10.8. The van der Waals surface area contributed by atoms with Crippen molar-refractivity contribution in [3.05, 3.63) is 29.6 Å². The van der Waals surface area contributed by atoms with Crippen LogP contribution in [-0.2, 0) is 11.2 Å². The zero-order chi connectivity index (χ0) is 13.0. The number of hydrogen-bond donors (Lipinski definition) is 0. The number of carbonyl (C=O) groups is 1. The third kappa shape index (κ3) is 3.29. The Morgan fingerprint density at radius 1 is 1.41 bits per heavy atom. The van der Waals surface area contributed by atoms with E-state index in [1.807, 2.05) is 13.8 Å². The van der Waals surface area contributed by atoms with Gasteiger partial charge in [0.05, 0.1) is 7.11 Å². The van der Waals surface area contributed by atoms with Crippen LogP contribution in [0, 0.1) is 17.7 Å². The van der Waals surface area contributed by atoms with Crippen LogP contribution in [-0.4, -0.2) is 12.9 Å². The third-order valence-corrected chi connectivity index (χ3v) is 3.03. The van der Waals surface area contributed by atoms with Crippen molar-refractivity contribution in [2.45, 2.75) is 27.2 Å². The molecule has 1 rings (SSSR count). The van der Waals surface area contributed by atoms with E-state index in [1.165, 1.54) is 7.11 Å². The van der Waals surface area contributed by atoms with Gasteiger partial charge >= 0.3 is 0 Å². The Kier molecular flexibility index (Phi) is 4.67. The summed E-state index contributed by atoms with van der Waals surface area (Å²) in [6.45, 7) is 5.51. The topological polar surface area (TPSA) is 26.3 Å². The number of halogens is 1. The fourth-order valence-corrected chi connectivity index (χ4v) is 1.96. The number of rotatable bonds is 5. The third-order valence-electron chi connectivity index (χ3n) is 3.03. The first kappa shape index (κ1) is 13.7.